The van der Waals surface area contributed by atoms with E-state index in [2.05, 4.69) is 9.97 Å². The number of phenols is 1. The standard InChI is InChI=1S/C19H19N3O4/c1-3-25-15-6-4-5-7-16(15)26-17-11-21-19(20)22-18(17)13-9-8-12(24-2)10-14(13)23/h4-11,23H,3H2,1-2H3,(H2,20,21,22). The fourth-order valence-electron chi connectivity index (χ4n) is 2.42. The van der Waals surface area contributed by atoms with Gasteiger partial charge in [0.15, 0.2) is 17.2 Å². The van der Waals surface area contributed by atoms with Gasteiger partial charge in [0.2, 0.25) is 5.95 Å². The third kappa shape index (κ3) is 3.61. The van der Waals surface area contributed by atoms with Gasteiger partial charge in [-0.25, -0.2) is 9.97 Å². The van der Waals surface area contributed by atoms with Gasteiger partial charge in [0, 0.05) is 11.6 Å². The lowest BCUT2D eigenvalue weighted by atomic mass is 10.1. The number of nitrogens with zero attached hydrogens (tertiary/aromatic N) is 2. The Labute approximate surface area is 151 Å². The molecule has 0 bridgehead atoms. The molecule has 0 fully saturated rings. The van der Waals surface area contributed by atoms with Crippen molar-refractivity contribution in [1.82, 2.24) is 9.97 Å². The van der Waals surface area contributed by atoms with Crippen molar-refractivity contribution in [3.05, 3.63) is 48.7 Å². The number of phenolic OH excluding ortho intramolecular Hbond substituents is 1. The number of rotatable bonds is 6. The second-order valence-electron chi connectivity index (χ2n) is 5.31. The molecule has 0 aliphatic heterocycles. The van der Waals surface area contributed by atoms with Crippen LogP contribution >= 0.6 is 0 Å². The smallest absolute Gasteiger partial charge is 0.220 e. The van der Waals surface area contributed by atoms with Gasteiger partial charge in [0.05, 0.1) is 19.9 Å². The summed E-state index contributed by atoms with van der Waals surface area (Å²) in [6.07, 6.45) is 1.46. The molecule has 26 heavy (non-hydrogen) atoms. The lowest BCUT2D eigenvalue weighted by molar-refractivity contribution is 0.321. The van der Waals surface area contributed by atoms with E-state index in [9.17, 15) is 5.11 Å². The molecule has 3 rings (SSSR count). The Bertz CT molecular complexity index is 915. The number of hydrogen-bond acceptors (Lipinski definition) is 7. The molecule has 1 heterocycles. The average molecular weight is 353 g/mol. The molecule has 0 aliphatic carbocycles. The highest BCUT2D eigenvalue weighted by atomic mass is 16.5. The maximum absolute atomic E-state index is 10.3. The summed E-state index contributed by atoms with van der Waals surface area (Å²) >= 11 is 0. The summed E-state index contributed by atoms with van der Waals surface area (Å²) in [5.74, 6) is 2.03. The van der Waals surface area contributed by atoms with Crippen molar-refractivity contribution in [1.29, 1.82) is 0 Å². The van der Waals surface area contributed by atoms with E-state index in [0.717, 1.165) is 0 Å². The van der Waals surface area contributed by atoms with Crippen molar-refractivity contribution >= 4 is 5.95 Å². The third-order valence-electron chi connectivity index (χ3n) is 3.60. The molecule has 0 radical (unpaired) electrons. The summed E-state index contributed by atoms with van der Waals surface area (Å²) in [5.41, 5.74) is 6.55. The molecule has 0 saturated carbocycles. The molecule has 7 nitrogen and oxygen atoms in total. The van der Waals surface area contributed by atoms with E-state index in [1.165, 1.54) is 19.4 Å². The van der Waals surface area contributed by atoms with Crippen LogP contribution in [0.1, 0.15) is 6.92 Å². The van der Waals surface area contributed by atoms with E-state index >= 15 is 0 Å². The van der Waals surface area contributed by atoms with Crippen LogP contribution in [0.15, 0.2) is 48.7 Å². The van der Waals surface area contributed by atoms with Crippen LogP contribution in [0.25, 0.3) is 11.3 Å². The summed E-state index contributed by atoms with van der Waals surface area (Å²) < 4.78 is 16.7. The summed E-state index contributed by atoms with van der Waals surface area (Å²) in [6, 6.07) is 12.2. The van der Waals surface area contributed by atoms with Gasteiger partial charge < -0.3 is 25.1 Å². The Morgan fingerprint density at radius 3 is 2.54 bits per heavy atom. The molecule has 0 unspecified atom stereocenters. The number of ether oxygens (including phenoxy) is 3. The van der Waals surface area contributed by atoms with E-state index in [0.29, 0.717) is 40.9 Å². The molecule has 3 N–H and O–H groups in total. The fourth-order valence-corrected chi connectivity index (χ4v) is 2.42. The maximum Gasteiger partial charge on any atom is 0.220 e. The summed E-state index contributed by atoms with van der Waals surface area (Å²) in [7, 11) is 1.52. The highest BCUT2D eigenvalue weighted by Gasteiger charge is 2.17. The van der Waals surface area contributed by atoms with E-state index in [4.69, 9.17) is 19.9 Å². The van der Waals surface area contributed by atoms with Gasteiger partial charge in [-0.05, 0) is 31.2 Å². The van der Waals surface area contributed by atoms with Crippen LogP contribution in [-0.2, 0) is 0 Å². The van der Waals surface area contributed by atoms with E-state index < -0.39 is 0 Å². The molecule has 134 valence electrons. The number of methoxy groups -OCH3 is 1. The van der Waals surface area contributed by atoms with Crippen LogP contribution in [-0.4, -0.2) is 28.8 Å². The van der Waals surface area contributed by atoms with Crippen molar-refractivity contribution in [3.8, 4) is 40.0 Å². The van der Waals surface area contributed by atoms with Gasteiger partial charge in [-0.15, -0.1) is 0 Å². The number of anilines is 1. The highest BCUT2D eigenvalue weighted by Crippen LogP contribution is 2.40. The molecule has 3 aromatic rings. The van der Waals surface area contributed by atoms with Crippen molar-refractivity contribution in [2.45, 2.75) is 6.92 Å². The lowest BCUT2D eigenvalue weighted by Crippen LogP contribution is -2.00. The Hall–Kier alpha value is -3.48. The summed E-state index contributed by atoms with van der Waals surface area (Å²) in [5, 5.41) is 10.3. The predicted octanol–water partition coefficient (Wildman–Crippen LogP) is 3.63. The van der Waals surface area contributed by atoms with Crippen molar-refractivity contribution in [2.24, 2.45) is 0 Å². The third-order valence-corrected chi connectivity index (χ3v) is 3.60. The normalized spacial score (nSPS) is 10.4. The minimum Gasteiger partial charge on any atom is -0.507 e. The number of benzene rings is 2. The Kier molecular flexibility index (Phi) is 5.07. The van der Waals surface area contributed by atoms with Crippen molar-refractivity contribution in [3.63, 3.8) is 0 Å². The van der Waals surface area contributed by atoms with Gasteiger partial charge in [0.1, 0.15) is 17.2 Å². The van der Waals surface area contributed by atoms with Gasteiger partial charge in [0.25, 0.3) is 0 Å². The quantitative estimate of drug-likeness (QED) is 0.698. The van der Waals surface area contributed by atoms with Crippen molar-refractivity contribution in [2.75, 3.05) is 19.5 Å². The zero-order chi connectivity index (χ0) is 18.5. The van der Waals surface area contributed by atoms with Crippen LogP contribution < -0.4 is 19.9 Å². The van der Waals surface area contributed by atoms with E-state index in [-0.39, 0.29) is 11.7 Å². The Balaban J connectivity index is 2.05. The molecule has 2 aromatic carbocycles. The summed E-state index contributed by atoms with van der Waals surface area (Å²) in [6.45, 7) is 2.40. The van der Waals surface area contributed by atoms with E-state index in [1.807, 2.05) is 25.1 Å². The predicted molar refractivity (Wildman–Crippen MR) is 97.8 cm³/mol. The first-order chi connectivity index (χ1) is 12.6. The van der Waals surface area contributed by atoms with E-state index in [1.54, 1.807) is 18.2 Å². The van der Waals surface area contributed by atoms with Crippen LogP contribution in [0.5, 0.6) is 28.7 Å². The zero-order valence-corrected chi connectivity index (χ0v) is 14.5. The van der Waals surface area contributed by atoms with Crippen molar-refractivity contribution < 1.29 is 19.3 Å². The second kappa shape index (κ2) is 7.60. The van der Waals surface area contributed by atoms with Crippen LogP contribution in [0, 0.1) is 0 Å². The first kappa shape index (κ1) is 17.3. The van der Waals surface area contributed by atoms with Crippen LogP contribution in [0.4, 0.5) is 5.95 Å². The summed E-state index contributed by atoms with van der Waals surface area (Å²) in [4.78, 5) is 8.23. The zero-order valence-electron chi connectivity index (χ0n) is 14.5. The highest BCUT2D eigenvalue weighted by molar-refractivity contribution is 5.73. The molecule has 0 amide bonds. The van der Waals surface area contributed by atoms with Gasteiger partial charge in [-0.3, -0.25) is 0 Å². The topological polar surface area (TPSA) is 99.7 Å². The molecule has 0 saturated heterocycles. The Morgan fingerprint density at radius 1 is 1.08 bits per heavy atom. The first-order valence-electron chi connectivity index (χ1n) is 8.02. The molecular formula is C19H19N3O4. The number of para-hydroxylation sites is 2. The molecule has 1 aromatic heterocycles. The van der Waals surface area contributed by atoms with Gasteiger partial charge >= 0.3 is 0 Å². The molecule has 7 heteroatoms. The van der Waals surface area contributed by atoms with Crippen LogP contribution in [0.3, 0.4) is 0 Å². The maximum atomic E-state index is 10.3. The molecular weight excluding hydrogens is 334 g/mol. The largest absolute Gasteiger partial charge is 0.507 e. The van der Waals surface area contributed by atoms with Crippen LogP contribution in [0.2, 0.25) is 0 Å². The fraction of sp³-hybridized carbons (Fsp3) is 0.158. The SMILES string of the molecule is CCOc1ccccc1Oc1cnc(N)nc1-c1ccc(OC)cc1O. The number of aromatic nitrogens is 2. The first-order valence-corrected chi connectivity index (χ1v) is 8.02. The number of hydrogen-bond donors (Lipinski definition) is 2. The minimum absolute atomic E-state index is 0.00890. The molecule has 0 aliphatic rings. The number of aromatic hydroxyl groups is 1. The van der Waals surface area contributed by atoms with Gasteiger partial charge in [-0.1, -0.05) is 12.1 Å². The number of nitrogen functional groups attached to an aromatic ring is 1. The molecule has 0 spiro atoms. The second-order valence-corrected chi connectivity index (χ2v) is 5.31. The van der Waals surface area contributed by atoms with Gasteiger partial charge in [-0.2, -0.15) is 0 Å². The monoisotopic (exact) mass is 353 g/mol. The lowest BCUT2D eigenvalue weighted by Gasteiger charge is -2.14. The number of nitrogens with two attached hydrogens (primary N) is 1. The minimum atomic E-state index is -0.00890. The average Bonchev–Trinajstić information content (AvgIpc) is 2.65. The Morgan fingerprint density at radius 2 is 1.85 bits per heavy atom. The molecule has 0 atom stereocenters.